The molecule has 0 spiro atoms. The van der Waals surface area contributed by atoms with Crippen LogP contribution in [0.15, 0.2) is 97.2 Å². The van der Waals surface area contributed by atoms with Crippen molar-refractivity contribution in [1.29, 1.82) is 0 Å². The third kappa shape index (κ3) is 39.6. The third-order valence-corrected chi connectivity index (χ3v) is 12.2. The van der Waals surface area contributed by atoms with Crippen molar-refractivity contribution in [2.75, 3.05) is 26.4 Å². The van der Waals surface area contributed by atoms with Crippen molar-refractivity contribution in [3.05, 3.63) is 97.2 Å². The van der Waals surface area contributed by atoms with Crippen molar-refractivity contribution in [2.45, 2.75) is 230 Å². The molecule has 6 atom stereocenters. The van der Waals surface area contributed by atoms with Gasteiger partial charge in [-0.25, -0.2) is 4.18 Å². The minimum absolute atomic E-state index is 0.000436. The molecule has 4 N–H and O–H groups in total. The maximum absolute atomic E-state index is 12.9. The molecule has 0 aromatic rings. The number of esters is 1. The van der Waals surface area contributed by atoms with Crippen LogP contribution in [0.2, 0.25) is 0 Å². The Morgan fingerprint density at radius 3 is 1.46 bits per heavy atom. The second-order valence-electron chi connectivity index (χ2n) is 18.1. The van der Waals surface area contributed by atoms with Crippen molar-refractivity contribution < 1.29 is 56.2 Å². The van der Waals surface area contributed by atoms with Crippen LogP contribution in [0.4, 0.5) is 0 Å². The van der Waals surface area contributed by atoms with Gasteiger partial charge in [-0.05, 0) is 96.3 Å². The molecule has 1 rings (SSSR count). The van der Waals surface area contributed by atoms with Crippen molar-refractivity contribution in [2.24, 2.45) is 0 Å². The number of carbonyl (C=O) groups is 1. The van der Waals surface area contributed by atoms with E-state index in [9.17, 15) is 33.1 Å². The van der Waals surface area contributed by atoms with Crippen molar-refractivity contribution in [3.63, 3.8) is 0 Å². The second kappa shape index (κ2) is 47.1. The molecular weight excluding hydrogens is 909 g/mol. The Morgan fingerprint density at radius 2 is 0.986 bits per heavy atom. The monoisotopic (exact) mass is 1000 g/mol. The number of ether oxygens (including phenoxy) is 4. The molecule has 0 bridgehead atoms. The minimum atomic E-state index is -5.08. The molecule has 1 heterocycles. The van der Waals surface area contributed by atoms with Crippen LogP contribution in [0, 0.1) is 0 Å². The first kappa shape index (κ1) is 65.0. The Balaban J connectivity index is 2.39. The quantitative estimate of drug-likeness (QED) is 0.0197. The van der Waals surface area contributed by atoms with Gasteiger partial charge in [0.15, 0.2) is 6.29 Å². The fourth-order valence-corrected chi connectivity index (χ4v) is 8.16. The lowest BCUT2D eigenvalue weighted by Crippen LogP contribution is -2.60. The predicted octanol–water partition coefficient (Wildman–Crippen LogP) is 13.0. The molecule has 1 saturated heterocycles. The summed E-state index contributed by atoms with van der Waals surface area (Å²) in [5, 5.41) is 30.8. The fourth-order valence-electron chi connectivity index (χ4n) is 7.65. The molecule has 0 aromatic heterocycles. The number of allylic oxidation sites excluding steroid dienone is 16. The molecule has 402 valence electrons. The highest BCUT2D eigenvalue weighted by atomic mass is 32.3. The maximum Gasteiger partial charge on any atom is 0.397 e. The van der Waals surface area contributed by atoms with Gasteiger partial charge in [-0.3, -0.25) is 9.35 Å². The Morgan fingerprint density at radius 1 is 0.557 bits per heavy atom. The molecule has 13 heteroatoms. The lowest BCUT2D eigenvalue weighted by Gasteiger charge is -2.41. The Hall–Kier alpha value is -2.98. The Bertz CT molecular complexity index is 1580. The van der Waals surface area contributed by atoms with E-state index in [1.807, 2.05) is 0 Å². The molecular formula is C57H96O12S. The molecule has 6 unspecified atom stereocenters. The maximum atomic E-state index is 12.9. The van der Waals surface area contributed by atoms with Crippen LogP contribution in [-0.2, 0) is 38.3 Å². The summed E-state index contributed by atoms with van der Waals surface area (Å²) < 4.78 is 59.3. The van der Waals surface area contributed by atoms with Gasteiger partial charge >= 0.3 is 16.4 Å². The summed E-state index contributed by atoms with van der Waals surface area (Å²) in [6.45, 7) is 3.76. The van der Waals surface area contributed by atoms with E-state index >= 15 is 0 Å². The van der Waals surface area contributed by atoms with E-state index in [1.54, 1.807) is 0 Å². The third-order valence-electron chi connectivity index (χ3n) is 11.7. The van der Waals surface area contributed by atoms with Crippen LogP contribution in [0.3, 0.4) is 0 Å². The number of carbonyl (C=O) groups excluding carboxylic acids is 1. The van der Waals surface area contributed by atoms with Crippen molar-refractivity contribution in [3.8, 4) is 0 Å². The number of rotatable bonds is 46. The molecule has 0 aliphatic carbocycles. The zero-order chi connectivity index (χ0) is 51.0. The highest BCUT2D eigenvalue weighted by Gasteiger charge is 2.48. The average Bonchev–Trinajstić information content (AvgIpc) is 3.34. The highest BCUT2D eigenvalue weighted by Crippen LogP contribution is 2.26. The largest absolute Gasteiger partial charge is 0.457 e. The zero-order valence-electron chi connectivity index (χ0n) is 43.3. The first-order chi connectivity index (χ1) is 34.1. The van der Waals surface area contributed by atoms with Crippen LogP contribution in [0.1, 0.15) is 194 Å². The molecule has 12 nitrogen and oxygen atoms in total. The van der Waals surface area contributed by atoms with Gasteiger partial charge in [0.25, 0.3) is 0 Å². The molecule has 0 radical (unpaired) electrons. The molecule has 1 aliphatic heterocycles. The molecule has 1 aliphatic rings. The number of hydrogen-bond donors (Lipinski definition) is 4. The van der Waals surface area contributed by atoms with Gasteiger partial charge in [0, 0.05) is 13.0 Å². The van der Waals surface area contributed by atoms with Gasteiger partial charge in [0.05, 0.1) is 19.8 Å². The van der Waals surface area contributed by atoms with E-state index in [1.165, 1.54) is 83.5 Å². The van der Waals surface area contributed by atoms with Gasteiger partial charge in [-0.1, -0.05) is 188 Å². The minimum Gasteiger partial charge on any atom is -0.457 e. The summed E-state index contributed by atoms with van der Waals surface area (Å²) in [4.78, 5) is 12.9. The zero-order valence-corrected chi connectivity index (χ0v) is 44.1. The van der Waals surface area contributed by atoms with Crippen LogP contribution in [0.5, 0.6) is 0 Å². The second-order valence-corrected chi connectivity index (χ2v) is 19.1. The number of unbranched alkanes of at least 4 members (excludes halogenated alkanes) is 17. The summed E-state index contributed by atoms with van der Waals surface area (Å²) in [6.07, 6.45) is 55.8. The predicted molar refractivity (Wildman–Crippen MR) is 285 cm³/mol. The summed E-state index contributed by atoms with van der Waals surface area (Å²) >= 11 is 0. The SMILES string of the molecule is CC/C=C\C/C=C\C/C=C\C/C=C\C/C=C\C/C=C\C/C=C\CCCCOCC(COC1OC(CO)C(O)C(OS(=O)(=O)O)C1O)OC(=O)CCCCCCCCCCC/C=C\CCCCCCCC. The van der Waals surface area contributed by atoms with Crippen LogP contribution in [-0.4, -0.2) is 97.5 Å². The van der Waals surface area contributed by atoms with Gasteiger partial charge in [0.2, 0.25) is 0 Å². The molecule has 0 saturated carbocycles. The molecule has 1 fully saturated rings. The molecule has 70 heavy (non-hydrogen) atoms. The van der Waals surface area contributed by atoms with Crippen molar-refractivity contribution in [1.82, 2.24) is 0 Å². The van der Waals surface area contributed by atoms with E-state index in [2.05, 4.69) is 115 Å². The van der Waals surface area contributed by atoms with Crippen LogP contribution >= 0.6 is 0 Å². The Kier molecular flexibility index (Phi) is 43.7. The summed E-state index contributed by atoms with van der Waals surface area (Å²) in [5.41, 5.74) is 0. The number of aliphatic hydroxyl groups excluding tert-OH is 3. The Labute approximate surface area is 425 Å². The molecule has 0 amide bonds. The van der Waals surface area contributed by atoms with Crippen molar-refractivity contribution >= 4 is 16.4 Å². The van der Waals surface area contributed by atoms with Crippen LogP contribution in [0.25, 0.3) is 0 Å². The topological polar surface area (TPSA) is 178 Å². The summed E-state index contributed by atoms with van der Waals surface area (Å²) in [6, 6.07) is 0. The average molecular weight is 1010 g/mol. The first-order valence-corrected chi connectivity index (χ1v) is 28.4. The highest BCUT2D eigenvalue weighted by molar-refractivity contribution is 7.80. The van der Waals surface area contributed by atoms with Crippen LogP contribution < -0.4 is 0 Å². The molecule has 0 aromatic carbocycles. The van der Waals surface area contributed by atoms with Gasteiger partial charge in [0.1, 0.15) is 30.5 Å². The standard InChI is InChI=1S/C57H96O12S/c1-3-5-7-9-11-13-15-17-19-21-23-24-25-26-27-29-31-33-35-37-39-41-43-45-47-65-49-51(50-66-57-55(61)56(69-70(62,63)64)54(60)52(48-58)68-57)67-53(59)46-44-42-40-38-36-34-32-30-28-22-20-18-16-14-12-10-8-6-4-2/h5,7,11,13,17-20,23-24,26-27,31,33,37,39,51-52,54-58,60-61H,3-4,6,8-10,12,14-16,21-22,25,28-30,32,34-36,38,40-50H2,1-2H3,(H,62,63,64)/b7-5-,13-11-,19-17-,20-18-,24-23-,27-26-,33-31-,39-37-. The lowest BCUT2D eigenvalue weighted by atomic mass is 9.99. The van der Waals surface area contributed by atoms with Gasteiger partial charge < -0.3 is 34.3 Å². The number of hydrogen-bond acceptors (Lipinski definition) is 11. The fraction of sp³-hybridized carbons (Fsp3) is 0.702. The number of aliphatic hydroxyl groups is 3. The summed E-state index contributed by atoms with van der Waals surface area (Å²) in [5.74, 6) is -0.420. The smallest absolute Gasteiger partial charge is 0.397 e. The van der Waals surface area contributed by atoms with E-state index in [4.69, 9.17) is 18.9 Å². The van der Waals surface area contributed by atoms with E-state index in [0.29, 0.717) is 13.0 Å². The van der Waals surface area contributed by atoms with Gasteiger partial charge in [-0.2, -0.15) is 8.42 Å². The summed E-state index contributed by atoms with van der Waals surface area (Å²) in [7, 11) is -5.08. The first-order valence-electron chi connectivity index (χ1n) is 27.0. The lowest BCUT2D eigenvalue weighted by molar-refractivity contribution is -0.301. The van der Waals surface area contributed by atoms with E-state index in [-0.39, 0.29) is 19.6 Å². The van der Waals surface area contributed by atoms with Gasteiger partial charge in [-0.15, -0.1) is 0 Å². The van der Waals surface area contributed by atoms with E-state index in [0.717, 1.165) is 83.5 Å². The normalized spacial score (nSPS) is 19.9. The van der Waals surface area contributed by atoms with E-state index < -0.39 is 59.8 Å².